The third kappa shape index (κ3) is 12.5. The summed E-state index contributed by atoms with van der Waals surface area (Å²) in [5, 5.41) is 14.3. The minimum absolute atomic E-state index is 0.0422. The van der Waals surface area contributed by atoms with Crippen molar-refractivity contribution in [3.8, 4) is 0 Å². The Labute approximate surface area is 173 Å². The molecule has 13 heteroatoms. The van der Waals surface area contributed by atoms with E-state index in [1.165, 1.54) is 11.8 Å². The van der Waals surface area contributed by atoms with Crippen molar-refractivity contribution in [2.75, 3.05) is 18.6 Å². The first-order valence-corrected chi connectivity index (χ1v) is 10.4. The minimum Gasteiger partial charge on any atom is -0.480 e. The van der Waals surface area contributed by atoms with E-state index in [4.69, 9.17) is 22.9 Å². The number of carboxylic acids is 1. The maximum atomic E-state index is 12.5. The SMILES string of the molecule is CSCCC(NC(=O)C(N)CCC(N)=O)C(=O)NC(CCCN=C(N)N)C(=O)O. The van der Waals surface area contributed by atoms with Crippen molar-refractivity contribution in [1.82, 2.24) is 10.6 Å². The molecule has 12 nitrogen and oxygen atoms in total. The number of carboxylic acid groups (broad SMARTS) is 1. The molecule has 0 aliphatic heterocycles. The molecule has 3 atom stereocenters. The molecule has 0 heterocycles. The summed E-state index contributed by atoms with van der Waals surface area (Å²) in [4.78, 5) is 50.7. The molecule has 0 aromatic heterocycles. The molecule has 3 amide bonds. The molecule has 0 fully saturated rings. The van der Waals surface area contributed by atoms with Gasteiger partial charge in [-0.3, -0.25) is 19.4 Å². The van der Waals surface area contributed by atoms with E-state index < -0.39 is 41.8 Å². The summed E-state index contributed by atoms with van der Waals surface area (Å²) in [6.07, 6.45) is 2.54. The molecule has 0 aliphatic carbocycles. The van der Waals surface area contributed by atoms with E-state index in [0.29, 0.717) is 12.2 Å². The number of nitrogens with two attached hydrogens (primary N) is 4. The highest BCUT2D eigenvalue weighted by molar-refractivity contribution is 7.98. The van der Waals surface area contributed by atoms with Gasteiger partial charge in [0.1, 0.15) is 12.1 Å². The number of hydrogen-bond acceptors (Lipinski definition) is 7. The Morgan fingerprint density at radius 3 is 2.14 bits per heavy atom. The van der Waals surface area contributed by atoms with Crippen molar-refractivity contribution < 1.29 is 24.3 Å². The summed E-state index contributed by atoms with van der Waals surface area (Å²) in [7, 11) is 0. The van der Waals surface area contributed by atoms with Gasteiger partial charge >= 0.3 is 5.97 Å². The summed E-state index contributed by atoms with van der Waals surface area (Å²) in [6.45, 7) is 0.226. The Morgan fingerprint density at radius 1 is 1.00 bits per heavy atom. The number of carbonyl (C=O) groups is 4. The van der Waals surface area contributed by atoms with E-state index in [1.807, 2.05) is 6.26 Å². The first-order chi connectivity index (χ1) is 13.6. The van der Waals surface area contributed by atoms with E-state index in [9.17, 15) is 24.3 Å². The fourth-order valence-corrected chi connectivity index (χ4v) is 2.72. The molecule has 0 aliphatic rings. The zero-order valence-electron chi connectivity index (χ0n) is 16.4. The number of aliphatic carboxylic acids is 1. The minimum atomic E-state index is -1.21. The molecule has 0 saturated carbocycles. The van der Waals surface area contributed by atoms with Crippen LogP contribution in [-0.4, -0.2) is 71.4 Å². The highest BCUT2D eigenvalue weighted by atomic mass is 32.2. The van der Waals surface area contributed by atoms with Crippen LogP contribution in [0.3, 0.4) is 0 Å². The van der Waals surface area contributed by atoms with Gasteiger partial charge in [-0.1, -0.05) is 0 Å². The van der Waals surface area contributed by atoms with Crippen LogP contribution in [0.25, 0.3) is 0 Å². The van der Waals surface area contributed by atoms with Crippen LogP contribution in [0.15, 0.2) is 4.99 Å². The number of thioether (sulfide) groups is 1. The molecular weight excluding hydrogens is 402 g/mol. The molecule has 0 rings (SSSR count). The monoisotopic (exact) mass is 433 g/mol. The van der Waals surface area contributed by atoms with Crippen LogP contribution in [-0.2, 0) is 19.2 Å². The molecule has 0 aromatic rings. The number of guanidine groups is 1. The van der Waals surface area contributed by atoms with Crippen molar-refractivity contribution in [3.63, 3.8) is 0 Å². The summed E-state index contributed by atoms with van der Waals surface area (Å²) in [5.41, 5.74) is 21.2. The van der Waals surface area contributed by atoms with E-state index in [2.05, 4.69) is 15.6 Å². The van der Waals surface area contributed by atoms with Crippen LogP contribution < -0.4 is 33.6 Å². The lowest BCUT2D eigenvalue weighted by Gasteiger charge is -2.22. The zero-order chi connectivity index (χ0) is 22.4. The van der Waals surface area contributed by atoms with Crippen LogP contribution in [0.5, 0.6) is 0 Å². The number of aliphatic imine (C=N–C) groups is 1. The standard InChI is InChI=1S/C16H31N7O5S/c1-29-8-6-10(22-13(25)9(17)4-5-12(18)24)14(26)23-11(15(27)28)3-2-7-21-16(19)20/h9-11H,2-8,17H2,1H3,(H2,18,24)(H,22,25)(H,23,26)(H,27,28)(H4,19,20,21). The van der Waals surface area contributed by atoms with E-state index >= 15 is 0 Å². The molecule has 3 unspecified atom stereocenters. The number of rotatable bonds is 15. The van der Waals surface area contributed by atoms with Crippen molar-refractivity contribution >= 4 is 41.4 Å². The van der Waals surface area contributed by atoms with Gasteiger partial charge in [0, 0.05) is 13.0 Å². The van der Waals surface area contributed by atoms with Crippen molar-refractivity contribution in [2.45, 2.75) is 50.2 Å². The lowest BCUT2D eigenvalue weighted by atomic mass is 10.1. The van der Waals surface area contributed by atoms with Crippen LogP contribution in [0.4, 0.5) is 0 Å². The van der Waals surface area contributed by atoms with Gasteiger partial charge in [-0.15, -0.1) is 0 Å². The van der Waals surface area contributed by atoms with Crippen LogP contribution in [0.2, 0.25) is 0 Å². The van der Waals surface area contributed by atoms with Crippen molar-refractivity contribution in [2.24, 2.45) is 27.9 Å². The van der Waals surface area contributed by atoms with Gasteiger partial charge in [-0.05, 0) is 37.7 Å². The lowest BCUT2D eigenvalue weighted by Crippen LogP contribution is -2.54. The lowest BCUT2D eigenvalue weighted by molar-refractivity contribution is -0.142. The second kappa shape index (κ2) is 14.5. The number of amides is 3. The number of nitrogens with one attached hydrogen (secondary N) is 2. The quantitative estimate of drug-likeness (QED) is 0.0816. The maximum Gasteiger partial charge on any atom is 0.326 e. The molecule has 0 radical (unpaired) electrons. The van der Waals surface area contributed by atoms with Gasteiger partial charge in [-0.2, -0.15) is 11.8 Å². The molecule has 166 valence electrons. The number of nitrogens with zero attached hydrogens (tertiary/aromatic N) is 1. The van der Waals surface area contributed by atoms with Gasteiger partial charge in [0.05, 0.1) is 6.04 Å². The molecule has 11 N–H and O–H groups in total. The summed E-state index contributed by atoms with van der Waals surface area (Å²) < 4.78 is 0. The predicted molar refractivity (Wildman–Crippen MR) is 111 cm³/mol. The van der Waals surface area contributed by atoms with Gasteiger partial charge in [0.2, 0.25) is 17.7 Å². The number of primary amides is 1. The van der Waals surface area contributed by atoms with Crippen LogP contribution >= 0.6 is 11.8 Å². The normalized spacial score (nSPS) is 13.6. The average Bonchev–Trinajstić information content (AvgIpc) is 2.64. The van der Waals surface area contributed by atoms with E-state index in [0.717, 1.165) is 0 Å². The molecular formula is C16H31N7O5S. The highest BCUT2D eigenvalue weighted by Gasteiger charge is 2.27. The summed E-state index contributed by atoms with van der Waals surface area (Å²) in [6, 6.07) is -3.13. The molecule has 0 bridgehead atoms. The van der Waals surface area contributed by atoms with Crippen molar-refractivity contribution in [1.29, 1.82) is 0 Å². The number of hydrogen-bond donors (Lipinski definition) is 7. The van der Waals surface area contributed by atoms with Gasteiger partial charge in [0.25, 0.3) is 0 Å². The Morgan fingerprint density at radius 2 is 1.62 bits per heavy atom. The van der Waals surface area contributed by atoms with Gasteiger partial charge in [0.15, 0.2) is 5.96 Å². The van der Waals surface area contributed by atoms with Crippen LogP contribution in [0, 0.1) is 0 Å². The Kier molecular flexibility index (Phi) is 13.2. The highest BCUT2D eigenvalue weighted by Crippen LogP contribution is 2.05. The Hall–Kier alpha value is -2.54. The van der Waals surface area contributed by atoms with Gasteiger partial charge in [-0.25, -0.2) is 4.79 Å². The largest absolute Gasteiger partial charge is 0.480 e. The fourth-order valence-electron chi connectivity index (χ4n) is 2.25. The Balaban J connectivity index is 4.92. The zero-order valence-corrected chi connectivity index (χ0v) is 17.2. The van der Waals surface area contributed by atoms with Crippen LogP contribution in [0.1, 0.15) is 32.1 Å². The van der Waals surface area contributed by atoms with E-state index in [-0.39, 0.29) is 38.2 Å². The smallest absolute Gasteiger partial charge is 0.326 e. The second-order valence-corrected chi connectivity index (χ2v) is 7.29. The molecule has 29 heavy (non-hydrogen) atoms. The van der Waals surface area contributed by atoms with Gasteiger partial charge < -0.3 is 38.7 Å². The van der Waals surface area contributed by atoms with Crippen molar-refractivity contribution in [3.05, 3.63) is 0 Å². The maximum absolute atomic E-state index is 12.5. The first-order valence-electron chi connectivity index (χ1n) is 9.00. The molecule has 0 aromatic carbocycles. The first kappa shape index (κ1) is 26.5. The molecule has 0 saturated heterocycles. The topological polar surface area (TPSA) is 229 Å². The summed E-state index contributed by atoms with van der Waals surface area (Å²) in [5.74, 6) is -2.60. The third-order valence-corrected chi connectivity index (χ3v) is 4.49. The fraction of sp³-hybridized carbons (Fsp3) is 0.688. The predicted octanol–water partition coefficient (Wildman–Crippen LogP) is -2.56. The third-order valence-electron chi connectivity index (χ3n) is 3.84. The van der Waals surface area contributed by atoms with E-state index in [1.54, 1.807) is 0 Å². The Bertz CT molecular complexity index is 598. The second-order valence-electron chi connectivity index (χ2n) is 6.30. The number of carbonyl (C=O) groups excluding carboxylic acids is 3. The molecule has 0 spiro atoms. The average molecular weight is 434 g/mol. The summed E-state index contributed by atoms with van der Waals surface area (Å²) >= 11 is 1.46.